The van der Waals surface area contributed by atoms with Crippen LogP contribution < -0.4 is 0 Å². The molecule has 0 saturated carbocycles. The van der Waals surface area contributed by atoms with Gasteiger partial charge in [-0.3, -0.25) is 4.90 Å². The second-order valence-corrected chi connectivity index (χ2v) is 7.98. The van der Waals surface area contributed by atoms with E-state index in [1.165, 1.54) is 36.4 Å². The molecule has 0 amide bonds. The van der Waals surface area contributed by atoms with Crippen molar-refractivity contribution >= 4 is 15.3 Å². The van der Waals surface area contributed by atoms with Crippen molar-refractivity contribution in [2.24, 2.45) is 0 Å². The zero-order chi connectivity index (χ0) is 23.3. The molecule has 3 nitrogen and oxygen atoms in total. The molecular formula is C24H19F4NO2S. The van der Waals surface area contributed by atoms with Crippen LogP contribution in [0.15, 0.2) is 72.3 Å². The maximum atomic E-state index is 13.6. The van der Waals surface area contributed by atoms with Gasteiger partial charge in [-0.15, -0.1) is 0 Å². The number of aryl methyl sites for hydroxylation is 1. The maximum absolute atomic E-state index is 13.6. The molecule has 0 aliphatic carbocycles. The van der Waals surface area contributed by atoms with Crippen LogP contribution in [0.2, 0.25) is 0 Å². The van der Waals surface area contributed by atoms with Gasteiger partial charge in [0, 0.05) is 29.8 Å². The highest BCUT2D eigenvalue weighted by Gasteiger charge is 2.30. The Morgan fingerprint density at radius 1 is 0.781 bits per heavy atom. The third-order valence-electron chi connectivity index (χ3n) is 4.72. The first-order chi connectivity index (χ1) is 15.2. The monoisotopic (exact) mass is 461 g/mol. The minimum absolute atomic E-state index is 0.341. The highest BCUT2D eigenvalue weighted by Crippen LogP contribution is 2.33. The number of halogens is 4. The van der Waals surface area contributed by atoms with E-state index in [-0.39, 0.29) is 17.7 Å². The van der Waals surface area contributed by atoms with Crippen molar-refractivity contribution in [3.05, 3.63) is 112 Å². The molecule has 8 heteroatoms. The van der Waals surface area contributed by atoms with Gasteiger partial charge < -0.3 is 0 Å². The Morgan fingerprint density at radius 2 is 1.28 bits per heavy atom. The molecule has 1 aliphatic rings. The molecule has 0 spiro atoms. The van der Waals surface area contributed by atoms with E-state index in [0.717, 1.165) is 6.07 Å². The van der Waals surface area contributed by atoms with Crippen LogP contribution >= 0.6 is 0 Å². The number of likely N-dealkylation sites (tertiary alicyclic amines) is 1. The van der Waals surface area contributed by atoms with E-state index in [1.807, 2.05) is 4.90 Å². The van der Waals surface area contributed by atoms with Gasteiger partial charge in [-0.1, -0.05) is 24.3 Å². The van der Waals surface area contributed by atoms with Gasteiger partial charge in [0.25, 0.3) is 10.3 Å². The minimum atomic E-state index is -2.35. The summed E-state index contributed by atoms with van der Waals surface area (Å²) in [6, 6.07) is 15.3. The Balaban J connectivity index is 0.000000269. The summed E-state index contributed by atoms with van der Waals surface area (Å²) in [6.45, 7) is 2.43. The minimum Gasteiger partial charge on any atom is -0.283 e. The van der Waals surface area contributed by atoms with Gasteiger partial charge in [-0.25, -0.2) is 17.6 Å². The molecular weight excluding hydrogens is 442 g/mol. The molecule has 166 valence electrons. The molecule has 0 atom stereocenters. The van der Waals surface area contributed by atoms with Crippen LogP contribution in [-0.2, 0) is 10.3 Å². The number of benzene rings is 3. The molecule has 0 N–H and O–H groups in total. The second kappa shape index (κ2) is 10.4. The normalized spacial score (nSPS) is 13.1. The summed E-state index contributed by atoms with van der Waals surface area (Å²) in [4.78, 5) is 1.94. The van der Waals surface area contributed by atoms with Crippen LogP contribution in [-0.4, -0.2) is 31.4 Å². The van der Waals surface area contributed by atoms with Crippen LogP contribution in [0.1, 0.15) is 22.7 Å². The topological polar surface area (TPSA) is 37.4 Å². The zero-order valence-electron chi connectivity index (χ0n) is 17.0. The van der Waals surface area contributed by atoms with E-state index < -0.39 is 21.9 Å². The number of nitrogens with zero attached hydrogens (tertiary/aromatic N) is 1. The SMILES string of the molecule is Cc1cc(F)cc(F)c1.O=S(=O)=C=C1CN(C(c2cccc(F)c2)c2cccc(F)c2)C1. The molecule has 0 aromatic heterocycles. The van der Waals surface area contributed by atoms with Gasteiger partial charge in [0.05, 0.1) is 6.04 Å². The first-order valence-corrected chi connectivity index (χ1v) is 10.7. The van der Waals surface area contributed by atoms with Crippen LogP contribution in [0.4, 0.5) is 17.6 Å². The Bertz CT molecular complexity index is 1190. The molecule has 1 heterocycles. The van der Waals surface area contributed by atoms with E-state index in [4.69, 9.17) is 0 Å². The lowest BCUT2D eigenvalue weighted by molar-refractivity contribution is 0.204. The quantitative estimate of drug-likeness (QED) is 0.414. The van der Waals surface area contributed by atoms with Gasteiger partial charge in [0.2, 0.25) is 0 Å². The lowest BCUT2D eigenvalue weighted by Gasteiger charge is -2.39. The number of rotatable bonds is 3. The highest BCUT2D eigenvalue weighted by atomic mass is 32.2. The molecule has 1 aliphatic heterocycles. The van der Waals surface area contributed by atoms with Crippen molar-refractivity contribution in [2.45, 2.75) is 13.0 Å². The molecule has 1 saturated heterocycles. The summed E-state index contributed by atoms with van der Waals surface area (Å²) in [5, 5.41) is 2.33. The Labute approximate surface area is 184 Å². The molecule has 0 unspecified atom stereocenters. The van der Waals surface area contributed by atoms with Gasteiger partial charge in [0.15, 0.2) is 0 Å². The average molecular weight is 461 g/mol. The van der Waals surface area contributed by atoms with Crippen molar-refractivity contribution in [1.82, 2.24) is 4.90 Å². The van der Waals surface area contributed by atoms with Crippen molar-refractivity contribution < 1.29 is 26.0 Å². The van der Waals surface area contributed by atoms with E-state index >= 15 is 0 Å². The second-order valence-electron chi connectivity index (χ2n) is 7.30. The molecule has 3 aromatic carbocycles. The van der Waals surface area contributed by atoms with E-state index in [2.05, 4.69) is 5.02 Å². The average Bonchev–Trinajstić information content (AvgIpc) is 2.65. The molecule has 1 fully saturated rings. The van der Waals surface area contributed by atoms with Crippen LogP contribution in [0.3, 0.4) is 0 Å². The first-order valence-electron chi connectivity index (χ1n) is 9.59. The Hall–Kier alpha value is -3.19. The van der Waals surface area contributed by atoms with Crippen LogP contribution in [0, 0.1) is 30.2 Å². The lowest BCUT2D eigenvalue weighted by Crippen LogP contribution is -2.43. The Kier molecular flexibility index (Phi) is 7.64. The van der Waals surface area contributed by atoms with Gasteiger partial charge in [0.1, 0.15) is 23.3 Å². The van der Waals surface area contributed by atoms with E-state index in [1.54, 1.807) is 31.2 Å². The van der Waals surface area contributed by atoms with Crippen molar-refractivity contribution in [3.8, 4) is 0 Å². The largest absolute Gasteiger partial charge is 0.283 e. The predicted octanol–water partition coefficient (Wildman–Crippen LogP) is 4.85. The summed E-state index contributed by atoms with van der Waals surface area (Å²) in [7, 11) is -2.35. The van der Waals surface area contributed by atoms with Crippen molar-refractivity contribution in [3.63, 3.8) is 0 Å². The fourth-order valence-corrected chi connectivity index (χ4v) is 3.83. The molecule has 3 aromatic rings. The van der Waals surface area contributed by atoms with Gasteiger partial charge in [-0.2, -0.15) is 8.42 Å². The van der Waals surface area contributed by atoms with Crippen LogP contribution in [0.5, 0.6) is 0 Å². The maximum Gasteiger partial charge on any atom is 0.260 e. The van der Waals surface area contributed by atoms with E-state index in [0.29, 0.717) is 35.4 Å². The summed E-state index contributed by atoms with van der Waals surface area (Å²) in [6.07, 6.45) is 0. The number of hydrogen-bond acceptors (Lipinski definition) is 3. The van der Waals surface area contributed by atoms with Crippen molar-refractivity contribution in [1.29, 1.82) is 0 Å². The standard InChI is InChI=1S/C17H13F2NO2S.C7H6F2/c18-15-5-1-3-13(7-15)17(14-4-2-6-16(19)8-14)20-9-12(10-20)11-23(21)22;1-5-2-6(8)4-7(9)3-5/h1-8,17H,9-10H2;2-4H,1H3. The van der Waals surface area contributed by atoms with Crippen molar-refractivity contribution in [2.75, 3.05) is 13.1 Å². The molecule has 32 heavy (non-hydrogen) atoms. The van der Waals surface area contributed by atoms with Crippen LogP contribution in [0.25, 0.3) is 0 Å². The molecule has 0 radical (unpaired) electrons. The molecule has 4 rings (SSSR count). The summed E-state index contributed by atoms with van der Waals surface area (Å²) in [5.74, 6) is -1.78. The smallest absolute Gasteiger partial charge is 0.260 e. The lowest BCUT2D eigenvalue weighted by atomic mass is 9.93. The fourth-order valence-electron chi connectivity index (χ4n) is 3.47. The van der Waals surface area contributed by atoms with Gasteiger partial charge >= 0.3 is 0 Å². The summed E-state index contributed by atoms with van der Waals surface area (Å²) < 4.78 is 72.8. The number of hydrogen-bond donors (Lipinski definition) is 0. The molecule has 0 bridgehead atoms. The summed E-state index contributed by atoms with van der Waals surface area (Å²) >= 11 is 0. The fraction of sp³-hybridized carbons (Fsp3) is 0.167. The third-order valence-corrected chi connectivity index (χ3v) is 5.17. The van der Waals surface area contributed by atoms with E-state index in [9.17, 15) is 26.0 Å². The predicted molar refractivity (Wildman–Crippen MR) is 115 cm³/mol. The Morgan fingerprint density at radius 3 is 1.69 bits per heavy atom. The zero-order valence-corrected chi connectivity index (χ0v) is 17.8. The van der Waals surface area contributed by atoms with Gasteiger partial charge in [-0.05, 0) is 60.0 Å². The third kappa shape index (κ3) is 6.40. The summed E-state index contributed by atoms with van der Waals surface area (Å²) in [5.41, 5.74) is 2.64. The first kappa shape index (κ1) is 23.5. The highest BCUT2D eigenvalue weighted by molar-refractivity contribution is 7.70.